The van der Waals surface area contributed by atoms with Crippen molar-refractivity contribution in [2.24, 2.45) is 5.41 Å². The highest BCUT2D eigenvalue weighted by Crippen LogP contribution is 2.36. The molecule has 4 amide bonds. The molecule has 1 atom stereocenters. The number of carbonyl (C=O) groups is 4. The molecule has 4 aliphatic rings. The lowest BCUT2D eigenvalue weighted by Crippen LogP contribution is -2.53. The van der Waals surface area contributed by atoms with E-state index in [1.54, 1.807) is 16.9 Å². The summed E-state index contributed by atoms with van der Waals surface area (Å²) in [5, 5.41) is 16.4. The summed E-state index contributed by atoms with van der Waals surface area (Å²) in [6.07, 6.45) is 11.3. The third-order valence-electron chi connectivity index (χ3n) is 13.9. The van der Waals surface area contributed by atoms with Crippen LogP contribution in [-0.2, 0) is 25.7 Å². The summed E-state index contributed by atoms with van der Waals surface area (Å²) in [5.74, 6) is 1.65. The van der Waals surface area contributed by atoms with Gasteiger partial charge in [-0.2, -0.15) is 10.4 Å². The van der Waals surface area contributed by atoms with Crippen molar-refractivity contribution in [3.05, 3.63) is 77.2 Å². The van der Waals surface area contributed by atoms with Crippen LogP contribution in [0.5, 0.6) is 5.75 Å². The highest BCUT2D eigenvalue weighted by atomic mass is 16.5. The van der Waals surface area contributed by atoms with Crippen LogP contribution >= 0.6 is 0 Å². The SMILES string of the molecule is CCOc1cc(-c2ccc(N3CCC(C)(CN4CCN(C(=O)CCN5CCC(c6ccc(CN(C=O)C7CCC(=O)NC7=O)c(C)c6)CC5)CC4)CC3)nc2)c2c(C#N)cnn2c1. The normalized spacial score (nSPS) is 20.1. The number of fused-ring (bicyclic) bond motifs is 1. The summed E-state index contributed by atoms with van der Waals surface area (Å²) >= 11 is 0. The zero-order chi connectivity index (χ0) is 44.1. The Labute approximate surface area is 369 Å². The molecule has 332 valence electrons. The van der Waals surface area contributed by atoms with E-state index >= 15 is 0 Å². The number of nitriles is 1. The number of rotatable bonds is 14. The van der Waals surface area contributed by atoms with Crippen LogP contribution in [0.1, 0.15) is 87.0 Å². The van der Waals surface area contributed by atoms with Crippen molar-refractivity contribution < 1.29 is 23.9 Å². The van der Waals surface area contributed by atoms with Gasteiger partial charge in [-0.1, -0.05) is 25.1 Å². The Kier molecular flexibility index (Phi) is 13.4. The lowest BCUT2D eigenvalue weighted by molar-refractivity contribution is -0.141. The van der Waals surface area contributed by atoms with Gasteiger partial charge >= 0.3 is 0 Å². The van der Waals surface area contributed by atoms with E-state index in [1.807, 2.05) is 19.2 Å². The maximum absolute atomic E-state index is 13.4. The first kappa shape index (κ1) is 43.8. The van der Waals surface area contributed by atoms with Crippen molar-refractivity contribution >= 4 is 35.5 Å². The van der Waals surface area contributed by atoms with Gasteiger partial charge in [-0.15, -0.1) is 0 Å². The molecule has 0 spiro atoms. The molecule has 7 heterocycles. The average molecular weight is 857 g/mol. The molecule has 1 aromatic carbocycles. The molecule has 0 aliphatic carbocycles. The lowest BCUT2D eigenvalue weighted by atomic mass is 9.79. The molecule has 63 heavy (non-hydrogen) atoms. The third-order valence-corrected chi connectivity index (χ3v) is 13.9. The molecule has 4 aromatic rings. The summed E-state index contributed by atoms with van der Waals surface area (Å²) < 4.78 is 7.49. The first-order valence-corrected chi connectivity index (χ1v) is 22.7. The Hall–Kier alpha value is -5.85. The number of aryl methyl sites for hydroxylation is 1. The van der Waals surface area contributed by atoms with Gasteiger partial charge in [0, 0.05) is 89.1 Å². The van der Waals surface area contributed by atoms with Gasteiger partial charge in [0.25, 0.3) is 0 Å². The lowest BCUT2D eigenvalue weighted by Gasteiger charge is -2.44. The van der Waals surface area contributed by atoms with Gasteiger partial charge < -0.3 is 24.3 Å². The molecule has 1 N–H and O–H groups in total. The number of nitrogens with zero attached hydrogens (tertiary/aromatic N) is 9. The van der Waals surface area contributed by atoms with Crippen molar-refractivity contribution in [3.63, 3.8) is 0 Å². The van der Waals surface area contributed by atoms with Gasteiger partial charge in [0.2, 0.25) is 24.1 Å². The predicted octanol–water partition coefficient (Wildman–Crippen LogP) is 4.76. The van der Waals surface area contributed by atoms with E-state index in [9.17, 15) is 24.4 Å². The monoisotopic (exact) mass is 856 g/mol. The summed E-state index contributed by atoms with van der Waals surface area (Å²) in [4.78, 5) is 65.0. The number of aromatic nitrogens is 3. The fraction of sp³-hybridized carbons (Fsp3) is 0.521. The molecule has 4 saturated heterocycles. The van der Waals surface area contributed by atoms with Crippen molar-refractivity contribution in [1.29, 1.82) is 5.26 Å². The van der Waals surface area contributed by atoms with Gasteiger partial charge in [-0.3, -0.25) is 29.4 Å². The number of ether oxygens (including phenoxy) is 1. The third kappa shape index (κ3) is 10.0. The first-order valence-electron chi connectivity index (χ1n) is 22.7. The van der Waals surface area contributed by atoms with Crippen molar-refractivity contribution in [2.45, 2.75) is 84.2 Å². The first-order chi connectivity index (χ1) is 30.5. The van der Waals surface area contributed by atoms with Crippen molar-refractivity contribution in [2.75, 3.05) is 77.0 Å². The van der Waals surface area contributed by atoms with E-state index in [1.165, 1.54) is 10.5 Å². The Bertz CT molecular complexity index is 2330. The minimum absolute atomic E-state index is 0.200. The van der Waals surface area contributed by atoms with E-state index in [2.05, 4.69) is 80.3 Å². The molecular weight excluding hydrogens is 797 g/mol. The van der Waals surface area contributed by atoms with Gasteiger partial charge in [0.05, 0.1) is 30.1 Å². The van der Waals surface area contributed by atoms with E-state index in [4.69, 9.17) is 9.72 Å². The highest BCUT2D eigenvalue weighted by Gasteiger charge is 2.35. The van der Waals surface area contributed by atoms with Crippen molar-refractivity contribution in [3.8, 4) is 22.9 Å². The second kappa shape index (κ2) is 19.3. The summed E-state index contributed by atoms with van der Waals surface area (Å²) in [6, 6.07) is 14.2. The minimum Gasteiger partial charge on any atom is -0.492 e. The summed E-state index contributed by atoms with van der Waals surface area (Å²) in [7, 11) is 0. The molecule has 1 unspecified atom stereocenters. The van der Waals surface area contributed by atoms with Gasteiger partial charge in [-0.05, 0) is 105 Å². The van der Waals surface area contributed by atoms with Crippen LogP contribution in [0.15, 0.2) is 55.0 Å². The standard InChI is InChI=1S/C48H60N10O5/c1-4-63-40-26-41(46-39(27-49)29-51-58(46)31-40)37-7-9-43(50-28-37)55-19-14-48(3,15-20-55)32-54-21-23-56(24-22-54)45(61)13-18-53-16-11-35(12-17-53)36-5-6-38(34(2)25-36)30-57(33-59)42-8-10-44(60)52-47(42)62/h5-7,9,25-26,28-29,31,33,35,42H,4,8,10-24,30,32H2,1-3H3,(H,52,60,62). The largest absolute Gasteiger partial charge is 0.492 e. The Morgan fingerprint density at radius 1 is 1.00 bits per heavy atom. The fourth-order valence-electron chi connectivity index (χ4n) is 9.97. The minimum atomic E-state index is -0.629. The van der Waals surface area contributed by atoms with Gasteiger partial charge in [0.1, 0.15) is 23.7 Å². The van der Waals surface area contributed by atoms with Crippen LogP contribution in [0.4, 0.5) is 5.82 Å². The van der Waals surface area contributed by atoms with E-state index in [0.29, 0.717) is 49.6 Å². The van der Waals surface area contributed by atoms with Crippen LogP contribution in [0.25, 0.3) is 16.6 Å². The number of likely N-dealkylation sites (tertiary alicyclic amines) is 1. The molecule has 15 nitrogen and oxygen atoms in total. The topological polar surface area (TPSA) is 160 Å². The molecular formula is C48H60N10O5. The number of hydrogen-bond donors (Lipinski definition) is 1. The summed E-state index contributed by atoms with van der Waals surface area (Å²) in [6.45, 7) is 16.2. The van der Waals surface area contributed by atoms with E-state index in [0.717, 1.165) is 125 Å². The molecule has 4 aliphatic heterocycles. The zero-order valence-corrected chi connectivity index (χ0v) is 36.9. The number of nitrogens with one attached hydrogen (secondary N) is 1. The number of amides is 4. The number of imide groups is 1. The number of pyridine rings is 2. The van der Waals surface area contributed by atoms with Crippen LogP contribution in [0.2, 0.25) is 0 Å². The molecule has 0 bridgehead atoms. The Morgan fingerprint density at radius 2 is 1.78 bits per heavy atom. The van der Waals surface area contributed by atoms with Crippen molar-refractivity contribution in [1.82, 2.24) is 39.5 Å². The van der Waals surface area contributed by atoms with E-state index < -0.39 is 11.9 Å². The molecule has 4 fully saturated rings. The summed E-state index contributed by atoms with van der Waals surface area (Å²) in [5.41, 5.74) is 6.62. The number of anilines is 1. The van der Waals surface area contributed by atoms with Crippen LogP contribution in [-0.4, -0.2) is 136 Å². The highest BCUT2D eigenvalue weighted by molar-refractivity contribution is 6.00. The van der Waals surface area contributed by atoms with Gasteiger partial charge in [-0.25, -0.2) is 9.50 Å². The number of hydrogen-bond acceptors (Lipinski definition) is 11. The number of carbonyl (C=O) groups excluding carboxylic acids is 4. The van der Waals surface area contributed by atoms with Crippen LogP contribution in [0.3, 0.4) is 0 Å². The smallest absolute Gasteiger partial charge is 0.249 e. The zero-order valence-electron chi connectivity index (χ0n) is 36.9. The number of piperazine rings is 1. The van der Waals surface area contributed by atoms with Gasteiger partial charge in [0.15, 0.2) is 0 Å². The molecule has 3 aromatic heterocycles. The van der Waals surface area contributed by atoms with Crippen LogP contribution < -0.4 is 15.0 Å². The predicted molar refractivity (Wildman–Crippen MR) is 239 cm³/mol. The quantitative estimate of drug-likeness (QED) is 0.138. The second-order valence-electron chi connectivity index (χ2n) is 18.1. The number of benzene rings is 1. The molecule has 15 heteroatoms. The van der Waals surface area contributed by atoms with E-state index in [-0.39, 0.29) is 23.7 Å². The molecule has 0 saturated carbocycles. The Balaban J connectivity index is 0.747. The second-order valence-corrected chi connectivity index (χ2v) is 18.1. The maximum Gasteiger partial charge on any atom is 0.249 e. The fourth-order valence-corrected chi connectivity index (χ4v) is 9.97. The molecule has 0 radical (unpaired) electrons. The average Bonchev–Trinajstić information content (AvgIpc) is 3.72. The Morgan fingerprint density at radius 3 is 2.44 bits per heavy atom. The van der Waals surface area contributed by atoms with Crippen LogP contribution in [0, 0.1) is 23.7 Å². The maximum atomic E-state index is 13.4. The number of piperidine rings is 3. The molecule has 8 rings (SSSR count).